The maximum Gasteiger partial charge on any atom is 0.387 e. The Morgan fingerprint density at radius 2 is 2.03 bits per heavy atom. The summed E-state index contributed by atoms with van der Waals surface area (Å²) >= 11 is 0. The van der Waals surface area contributed by atoms with Gasteiger partial charge in [-0.2, -0.15) is 13.9 Å². The third-order valence-corrected chi connectivity index (χ3v) is 5.72. The lowest BCUT2D eigenvalue weighted by Gasteiger charge is -2.31. The van der Waals surface area contributed by atoms with E-state index in [0.29, 0.717) is 26.1 Å². The van der Waals surface area contributed by atoms with Crippen molar-refractivity contribution in [2.75, 3.05) is 20.3 Å². The van der Waals surface area contributed by atoms with Gasteiger partial charge in [0.2, 0.25) is 0 Å². The lowest BCUT2D eigenvalue weighted by molar-refractivity contribution is -0.150. The maximum atomic E-state index is 15.3. The fraction of sp³-hybridized carbons (Fsp3) is 0.524. The van der Waals surface area contributed by atoms with Crippen LogP contribution in [0.5, 0.6) is 5.75 Å². The fourth-order valence-corrected chi connectivity index (χ4v) is 4.35. The molecule has 1 aromatic carbocycles. The minimum absolute atomic E-state index is 0.00882. The van der Waals surface area contributed by atoms with E-state index in [2.05, 4.69) is 9.84 Å². The molecule has 0 amide bonds. The summed E-state index contributed by atoms with van der Waals surface area (Å²) in [6.45, 7) is -2.09. The second kappa shape index (κ2) is 8.49. The molecule has 31 heavy (non-hydrogen) atoms. The van der Waals surface area contributed by atoms with Crippen LogP contribution in [0.2, 0.25) is 0 Å². The predicted molar refractivity (Wildman–Crippen MR) is 101 cm³/mol. The Morgan fingerprint density at radius 3 is 2.71 bits per heavy atom. The van der Waals surface area contributed by atoms with Gasteiger partial charge in [-0.05, 0) is 25.0 Å². The first-order valence-electron chi connectivity index (χ1n) is 10.0. The zero-order valence-corrected chi connectivity index (χ0v) is 16.8. The molecular formula is C21H22F4N2O4. The third kappa shape index (κ3) is 4.26. The number of hydrogen-bond donors (Lipinski definition) is 0. The van der Waals surface area contributed by atoms with Crippen LogP contribution in [0.15, 0.2) is 24.3 Å². The van der Waals surface area contributed by atoms with E-state index < -0.39 is 30.8 Å². The number of esters is 1. The summed E-state index contributed by atoms with van der Waals surface area (Å²) in [6.07, 6.45) is 0.550. The van der Waals surface area contributed by atoms with Crippen LogP contribution < -0.4 is 4.74 Å². The maximum absolute atomic E-state index is 15.3. The largest absolute Gasteiger partial charge is 0.469 e. The quantitative estimate of drug-likeness (QED) is 0.510. The minimum atomic E-state index is -3.34. The van der Waals surface area contributed by atoms with Crippen LogP contribution in [-0.2, 0) is 26.6 Å². The smallest absolute Gasteiger partial charge is 0.387 e. The molecule has 0 saturated carbocycles. The molecule has 10 heteroatoms. The van der Waals surface area contributed by atoms with Crippen LogP contribution in [0.1, 0.15) is 36.6 Å². The molecule has 2 heterocycles. The van der Waals surface area contributed by atoms with Crippen molar-refractivity contribution in [3.63, 3.8) is 0 Å². The highest BCUT2D eigenvalue weighted by Gasteiger charge is 2.49. The van der Waals surface area contributed by atoms with Crippen LogP contribution >= 0.6 is 0 Å². The number of hydrogen-bond acceptors (Lipinski definition) is 5. The number of nitrogens with zero attached hydrogens (tertiary/aromatic N) is 2. The number of alkyl halides is 4. The van der Waals surface area contributed by atoms with Crippen LogP contribution in [0.3, 0.4) is 0 Å². The van der Waals surface area contributed by atoms with E-state index in [1.54, 1.807) is 4.68 Å². The van der Waals surface area contributed by atoms with Crippen molar-refractivity contribution in [2.24, 2.45) is 5.92 Å². The summed E-state index contributed by atoms with van der Waals surface area (Å²) in [7, 11) is 1.17. The Bertz CT molecular complexity index is 957. The third-order valence-electron chi connectivity index (χ3n) is 5.72. The van der Waals surface area contributed by atoms with Gasteiger partial charge in [0, 0.05) is 37.3 Å². The van der Waals surface area contributed by atoms with Gasteiger partial charge in [0.15, 0.2) is 0 Å². The van der Waals surface area contributed by atoms with Crippen molar-refractivity contribution in [1.29, 1.82) is 0 Å². The molecule has 1 aliphatic carbocycles. The number of methoxy groups -OCH3 is 1. The first kappa shape index (κ1) is 21.6. The van der Waals surface area contributed by atoms with E-state index in [-0.39, 0.29) is 40.7 Å². The van der Waals surface area contributed by atoms with Crippen LogP contribution in [0, 0.1) is 5.92 Å². The Balaban J connectivity index is 1.84. The van der Waals surface area contributed by atoms with Crippen molar-refractivity contribution < 1.29 is 36.6 Å². The molecule has 2 aliphatic rings. The number of aromatic nitrogens is 2. The lowest BCUT2D eigenvalue weighted by Crippen LogP contribution is -2.34. The average molecular weight is 442 g/mol. The number of benzene rings is 1. The summed E-state index contributed by atoms with van der Waals surface area (Å²) in [5.74, 6) is -5.18. The zero-order valence-electron chi connectivity index (χ0n) is 16.8. The predicted octanol–water partition coefficient (Wildman–Crippen LogP) is 4.33. The molecule has 0 N–H and O–H groups in total. The Hall–Kier alpha value is -2.62. The van der Waals surface area contributed by atoms with Crippen LogP contribution in [-0.4, -0.2) is 42.7 Å². The number of carbonyl (C=O) groups excluding carboxylic acids is 1. The second-order valence-corrected chi connectivity index (χ2v) is 7.70. The second-order valence-electron chi connectivity index (χ2n) is 7.70. The highest BCUT2D eigenvalue weighted by atomic mass is 19.3. The van der Waals surface area contributed by atoms with Gasteiger partial charge in [0.25, 0.3) is 5.92 Å². The molecule has 1 unspecified atom stereocenters. The monoisotopic (exact) mass is 442 g/mol. The summed E-state index contributed by atoms with van der Waals surface area (Å²) in [6, 6.07) is 5.40. The number of halogens is 4. The van der Waals surface area contributed by atoms with E-state index in [4.69, 9.17) is 9.47 Å². The lowest BCUT2D eigenvalue weighted by atomic mass is 9.82. The summed E-state index contributed by atoms with van der Waals surface area (Å²) in [5.41, 5.74) is 0.257. The number of ether oxygens (including phenoxy) is 3. The minimum Gasteiger partial charge on any atom is -0.469 e. The Morgan fingerprint density at radius 1 is 1.29 bits per heavy atom. The van der Waals surface area contributed by atoms with Gasteiger partial charge >= 0.3 is 12.6 Å². The van der Waals surface area contributed by atoms with E-state index in [1.807, 2.05) is 0 Å². The van der Waals surface area contributed by atoms with E-state index in [1.165, 1.54) is 31.4 Å². The fourth-order valence-electron chi connectivity index (χ4n) is 4.35. The van der Waals surface area contributed by atoms with Crippen LogP contribution in [0.25, 0.3) is 11.3 Å². The first-order valence-corrected chi connectivity index (χ1v) is 10.0. The molecule has 0 spiro atoms. The Labute approximate surface area is 176 Å². The van der Waals surface area contributed by atoms with Gasteiger partial charge < -0.3 is 14.2 Å². The molecule has 4 rings (SSSR count). The van der Waals surface area contributed by atoms with Gasteiger partial charge in [-0.25, -0.2) is 8.78 Å². The van der Waals surface area contributed by atoms with Crippen LogP contribution in [0.4, 0.5) is 17.6 Å². The molecule has 1 atom stereocenters. The van der Waals surface area contributed by atoms with Gasteiger partial charge in [0.05, 0.1) is 24.6 Å². The van der Waals surface area contributed by atoms with Gasteiger partial charge in [-0.1, -0.05) is 12.1 Å². The topological polar surface area (TPSA) is 62.6 Å². The highest BCUT2D eigenvalue weighted by molar-refractivity contribution is 5.75. The number of fused-ring (bicyclic) bond motifs is 1. The van der Waals surface area contributed by atoms with Crippen molar-refractivity contribution in [3.05, 3.63) is 35.5 Å². The van der Waals surface area contributed by atoms with E-state index in [9.17, 15) is 13.6 Å². The molecule has 1 fully saturated rings. The average Bonchev–Trinajstić information content (AvgIpc) is 3.14. The summed E-state index contributed by atoms with van der Waals surface area (Å²) in [5, 5.41) is 4.51. The van der Waals surface area contributed by atoms with E-state index in [0.717, 1.165) is 0 Å². The number of carbonyl (C=O) groups is 1. The summed E-state index contributed by atoms with van der Waals surface area (Å²) in [4.78, 5) is 12.1. The molecule has 6 nitrogen and oxygen atoms in total. The van der Waals surface area contributed by atoms with E-state index >= 15 is 8.78 Å². The first-order chi connectivity index (χ1) is 14.8. The van der Waals surface area contributed by atoms with Gasteiger partial charge in [0.1, 0.15) is 11.4 Å². The Kier molecular flexibility index (Phi) is 5.92. The molecular weight excluding hydrogens is 420 g/mol. The molecule has 1 aliphatic heterocycles. The highest BCUT2D eigenvalue weighted by Crippen LogP contribution is 2.48. The van der Waals surface area contributed by atoms with Crippen molar-refractivity contribution in [2.45, 2.75) is 44.3 Å². The normalized spacial score (nSPS) is 21.0. The molecule has 1 aromatic heterocycles. The molecule has 1 saturated heterocycles. The molecule has 2 aromatic rings. The standard InChI is InChI=1S/C21H22F4N2O4/c1-29-19(28)13-10-16-17(21(24,25)11-13)18(26-27(16)14-5-7-30-8-6-14)12-3-2-4-15(9-12)31-20(22)23/h2-4,9,13-14,20H,5-8,10-11H2,1H3. The zero-order chi connectivity index (χ0) is 22.2. The molecule has 0 radical (unpaired) electrons. The molecule has 168 valence electrons. The van der Waals surface area contributed by atoms with Crippen molar-refractivity contribution >= 4 is 5.97 Å². The van der Waals surface area contributed by atoms with Crippen molar-refractivity contribution in [3.8, 4) is 17.0 Å². The number of rotatable bonds is 5. The molecule has 0 bridgehead atoms. The van der Waals surface area contributed by atoms with Crippen molar-refractivity contribution in [1.82, 2.24) is 9.78 Å². The summed E-state index contributed by atoms with van der Waals surface area (Å²) < 4.78 is 72.0. The van der Waals surface area contributed by atoms with Gasteiger partial charge in [-0.3, -0.25) is 9.48 Å². The van der Waals surface area contributed by atoms with Gasteiger partial charge in [-0.15, -0.1) is 0 Å². The SMILES string of the molecule is COC(=O)C1Cc2c(c(-c3cccc(OC(F)F)c3)nn2C2CCOCC2)C(F)(F)C1.